The number of ether oxygens (including phenoxy) is 1. The van der Waals surface area contributed by atoms with E-state index >= 15 is 0 Å². The second-order valence-electron chi connectivity index (χ2n) is 7.42. The van der Waals surface area contributed by atoms with E-state index in [2.05, 4.69) is 22.1 Å². The molecule has 6 nitrogen and oxygen atoms in total. The predicted octanol–water partition coefficient (Wildman–Crippen LogP) is 4.17. The van der Waals surface area contributed by atoms with Gasteiger partial charge in [-0.25, -0.2) is 4.98 Å². The Kier molecular flexibility index (Phi) is 9.98. The fraction of sp³-hybridized carbons (Fsp3) is 0.714. The lowest BCUT2D eigenvalue weighted by atomic mass is 10.1. The molecule has 1 aliphatic heterocycles. The largest absolute Gasteiger partial charge is 0.492 e. The monoisotopic (exact) mass is 377 g/mol. The van der Waals surface area contributed by atoms with Gasteiger partial charge < -0.3 is 20.1 Å². The molecule has 0 spiro atoms. The van der Waals surface area contributed by atoms with Crippen LogP contribution < -0.4 is 10.1 Å². The number of carbonyl (C=O) groups is 1. The van der Waals surface area contributed by atoms with Gasteiger partial charge in [-0.2, -0.15) is 0 Å². The summed E-state index contributed by atoms with van der Waals surface area (Å²) in [4.78, 5) is 17.4. The fourth-order valence-corrected chi connectivity index (χ4v) is 3.46. The summed E-state index contributed by atoms with van der Waals surface area (Å²) in [5.41, 5.74) is 0. The smallest absolute Gasteiger partial charge is 0.304 e. The van der Waals surface area contributed by atoms with Crippen molar-refractivity contribution in [3.05, 3.63) is 18.3 Å². The molecule has 1 atom stereocenters. The molecule has 0 saturated carbocycles. The van der Waals surface area contributed by atoms with E-state index in [-0.39, 0.29) is 6.42 Å². The zero-order valence-electron chi connectivity index (χ0n) is 16.7. The Morgan fingerprint density at radius 2 is 2.11 bits per heavy atom. The maximum Gasteiger partial charge on any atom is 0.304 e. The second kappa shape index (κ2) is 12.5. The maximum absolute atomic E-state index is 10.7. The zero-order chi connectivity index (χ0) is 19.3. The fourth-order valence-electron chi connectivity index (χ4n) is 3.46. The van der Waals surface area contributed by atoms with E-state index in [4.69, 9.17) is 9.84 Å². The van der Waals surface area contributed by atoms with E-state index in [1.165, 1.54) is 32.1 Å². The summed E-state index contributed by atoms with van der Waals surface area (Å²) in [6.07, 6.45) is 11.7. The minimum Gasteiger partial charge on any atom is -0.492 e. The molecule has 0 radical (unpaired) electrons. The van der Waals surface area contributed by atoms with E-state index in [1.807, 2.05) is 12.1 Å². The number of hydrogen-bond acceptors (Lipinski definition) is 5. The van der Waals surface area contributed by atoms with Crippen LogP contribution in [0.1, 0.15) is 64.7 Å². The molecule has 1 fully saturated rings. The Morgan fingerprint density at radius 3 is 2.85 bits per heavy atom. The van der Waals surface area contributed by atoms with Gasteiger partial charge in [0.25, 0.3) is 0 Å². The van der Waals surface area contributed by atoms with E-state index in [0.29, 0.717) is 12.6 Å². The number of rotatable bonds is 13. The van der Waals surface area contributed by atoms with Crippen LogP contribution in [-0.2, 0) is 4.79 Å². The Morgan fingerprint density at radius 1 is 1.30 bits per heavy atom. The first-order valence-corrected chi connectivity index (χ1v) is 10.5. The zero-order valence-corrected chi connectivity index (χ0v) is 16.7. The molecule has 2 N–H and O–H groups in total. The Hall–Kier alpha value is -1.82. The van der Waals surface area contributed by atoms with E-state index in [1.54, 1.807) is 6.20 Å². The summed E-state index contributed by atoms with van der Waals surface area (Å²) in [6, 6.07) is 4.25. The average molecular weight is 378 g/mol. The van der Waals surface area contributed by atoms with E-state index < -0.39 is 5.97 Å². The first-order valence-electron chi connectivity index (χ1n) is 10.5. The number of hydrogen-bond donors (Lipinski definition) is 2. The van der Waals surface area contributed by atoms with Crippen molar-refractivity contribution in [2.75, 3.05) is 31.6 Å². The first kappa shape index (κ1) is 21.5. The third-order valence-corrected chi connectivity index (χ3v) is 5.00. The number of pyridine rings is 1. The van der Waals surface area contributed by atoms with Gasteiger partial charge in [0, 0.05) is 19.1 Å². The number of carboxylic acid groups (broad SMARTS) is 1. The summed E-state index contributed by atoms with van der Waals surface area (Å²) < 4.78 is 5.77. The summed E-state index contributed by atoms with van der Waals surface area (Å²) in [5.74, 6) is 0.941. The Labute approximate surface area is 163 Å². The number of aliphatic carboxylic acids is 1. The highest BCUT2D eigenvalue weighted by Gasteiger charge is 2.20. The van der Waals surface area contributed by atoms with Crippen molar-refractivity contribution in [1.82, 2.24) is 9.88 Å². The van der Waals surface area contributed by atoms with Crippen molar-refractivity contribution in [1.29, 1.82) is 0 Å². The average Bonchev–Trinajstić information content (AvgIpc) is 2.67. The minimum atomic E-state index is -0.733. The van der Waals surface area contributed by atoms with Gasteiger partial charge in [0.05, 0.1) is 19.2 Å². The Balaban J connectivity index is 1.65. The molecule has 0 bridgehead atoms. The van der Waals surface area contributed by atoms with Crippen LogP contribution in [0.4, 0.5) is 5.82 Å². The van der Waals surface area contributed by atoms with E-state index in [0.717, 1.165) is 50.5 Å². The van der Waals surface area contributed by atoms with Crippen molar-refractivity contribution in [3.63, 3.8) is 0 Å². The second-order valence-corrected chi connectivity index (χ2v) is 7.42. The standard InChI is InChI=1S/C21H35N3O3/c1-2-3-4-5-6-7-15-27-19-10-11-20(22-16-19)23-18-9-8-13-24(17-18)14-12-21(25)26/h10-11,16,18H,2-9,12-15,17H2,1H3,(H,22,23)(H,25,26). The molecule has 1 saturated heterocycles. The highest BCUT2D eigenvalue weighted by atomic mass is 16.5. The number of nitrogens with zero attached hydrogens (tertiary/aromatic N) is 2. The van der Waals surface area contributed by atoms with Crippen molar-refractivity contribution in [2.45, 2.75) is 70.8 Å². The highest BCUT2D eigenvalue weighted by molar-refractivity contribution is 5.66. The van der Waals surface area contributed by atoms with Crippen LogP contribution in [0.5, 0.6) is 5.75 Å². The van der Waals surface area contributed by atoms with Gasteiger partial charge in [0.15, 0.2) is 0 Å². The van der Waals surface area contributed by atoms with Gasteiger partial charge in [-0.3, -0.25) is 4.79 Å². The van der Waals surface area contributed by atoms with Crippen LogP contribution in [0.3, 0.4) is 0 Å². The molecule has 152 valence electrons. The molecule has 1 aliphatic rings. The third kappa shape index (κ3) is 9.09. The van der Waals surface area contributed by atoms with Gasteiger partial charge in [0.1, 0.15) is 11.6 Å². The predicted molar refractivity (Wildman–Crippen MR) is 108 cm³/mol. The molecule has 6 heteroatoms. The molecule has 1 unspecified atom stereocenters. The molecule has 0 aliphatic carbocycles. The number of aromatic nitrogens is 1. The maximum atomic E-state index is 10.7. The van der Waals surface area contributed by atoms with Crippen molar-refractivity contribution in [3.8, 4) is 5.75 Å². The highest BCUT2D eigenvalue weighted by Crippen LogP contribution is 2.17. The molecule has 1 aromatic heterocycles. The van der Waals surface area contributed by atoms with Crippen LogP contribution in [-0.4, -0.2) is 53.2 Å². The van der Waals surface area contributed by atoms with Crippen LogP contribution in [0.15, 0.2) is 18.3 Å². The van der Waals surface area contributed by atoms with Crippen LogP contribution >= 0.6 is 0 Å². The number of nitrogens with one attached hydrogen (secondary N) is 1. The summed E-state index contributed by atoms with van der Waals surface area (Å²) in [5, 5.41) is 12.3. The molecular formula is C21H35N3O3. The molecular weight excluding hydrogens is 342 g/mol. The van der Waals surface area contributed by atoms with Gasteiger partial charge in [-0.05, 0) is 37.9 Å². The molecule has 2 heterocycles. The lowest BCUT2D eigenvalue weighted by Gasteiger charge is -2.33. The third-order valence-electron chi connectivity index (χ3n) is 5.00. The van der Waals surface area contributed by atoms with Crippen molar-refractivity contribution in [2.24, 2.45) is 0 Å². The molecule has 2 rings (SSSR count). The summed E-state index contributed by atoms with van der Waals surface area (Å²) in [7, 11) is 0. The lowest BCUT2D eigenvalue weighted by molar-refractivity contribution is -0.137. The summed E-state index contributed by atoms with van der Waals surface area (Å²) >= 11 is 0. The number of carboxylic acids is 1. The molecule has 0 amide bonds. The van der Waals surface area contributed by atoms with Gasteiger partial charge >= 0.3 is 5.97 Å². The van der Waals surface area contributed by atoms with E-state index in [9.17, 15) is 4.79 Å². The quantitative estimate of drug-likeness (QED) is 0.503. The van der Waals surface area contributed by atoms with Gasteiger partial charge in [-0.15, -0.1) is 0 Å². The number of piperidine rings is 1. The molecule has 27 heavy (non-hydrogen) atoms. The lowest BCUT2D eigenvalue weighted by Crippen LogP contribution is -2.42. The topological polar surface area (TPSA) is 74.7 Å². The summed E-state index contributed by atoms with van der Waals surface area (Å²) in [6.45, 7) is 5.45. The first-order chi connectivity index (χ1) is 13.2. The van der Waals surface area contributed by atoms with Gasteiger partial charge in [-0.1, -0.05) is 39.0 Å². The normalized spacial score (nSPS) is 17.6. The SMILES string of the molecule is CCCCCCCCOc1ccc(NC2CCCN(CCC(=O)O)C2)nc1. The van der Waals surface area contributed by atoms with Crippen LogP contribution in [0, 0.1) is 0 Å². The van der Waals surface area contributed by atoms with Crippen LogP contribution in [0.25, 0.3) is 0 Å². The molecule has 1 aromatic rings. The van der Waals surface area contributed by atoms with Crippen molar-refractivity contribution < 1.29 is 14.6 Å². The number of anilines is 1. The van der Waals surface area contributed by atoms with Crippen molar-refractivity contribution >= 4 is 11.8 Å². The number of unbranched alkanes of at least 4 members (excludes halogenated alkanes) is 5. The van der Waals surface area contributed by atoms with Crippen LogP contribution in [0.2, 0.25) is 0 Å². The van der Waals surface area contributed by atoms with Gasteiger partial charge in [0.2, 0.25) is 0 Å². The molecule has 0 aromatic carbocycles. The Bertz CT molecular complexity index is 536. The minimum absolute atomic E-state index is 0.204. The number of likely N-dealkylation sites (tertiary alicyclic amines) is 1.